The van der Waals surface area contributed by atoms with Gasteiger partial charge in [-0.3, -0.25) is 4.98 Å². The molecule has 24 heavy (non-hydrogen) atoms. The zero-order chi connectivity index (χ0) is 17.6. The lowest BCUT2D eigenvalue weighted by Gasteiger charge is -2.26. The zero-order valence-corrected chi connectivity index (χ0v) is 14.5. The first-order valence-electron chi connectivity index (χ1n) is 7.85. The van der Waals surface area contributed by atoms with Crippen LogP contribution in [0.1, 0.15) is 37.4 Å². The molecule has 3 N–H and O–H groups in total. The van der Waals surface area contributed by atoms with Gasteiger partial charge in [0.05, 0.1) is 12.6 Å². The molecule has 1 aromatic heterocycles. The number of hydrogen-bond donors (Lipinski definition) is 3. The smallest absolute Gasteiger partial charge is 0.315 e. The third kappa shape index (κ3) is 4.69. The Morgan fingerprint density at radius 2 is 1.96 bits per heavy atom. The lowest BCUT2D eigenvalue weighted by atomic mass is 9.96. The fourth-order valence-electron chi connectivity index (χ4n) is 2.47. The Morgan fingerprint density at radius 3 is 2.58 bits per heavy atom. The number of carbonyl (C=O) groups is 1. The molecule has 5 nitrogen and oxygen atoms in total. The number of nitrogens with zero attached hydrogens (tertiary/aromatic N) is 1. The summed E-state index contributed by atoms with van der Waals surface area (Å²) in [7, 11) is 0. The van der Waals surface area contributed by atoms with Crippen molar-refractivity contribution in [1.82, 2.24) is 15.6 Å². The van der Waals surface area contributed by atoms with Gasteiger partial charge in [-0.1, -0.05) is 36.7 Å². The van der Waals surface area contributed by atoms with E-state index in [9.17, 15) is 9.90 Å². The first-order valence-corrected chi connectivity index (χ1v) is 8.23. The Labute approximate surface area is 147 Å². The monoisotopic (exact) mass is 347 g/mol. The van der Waals surface area contributed by atoms with Crippen molar-refractivity contribution in [3.63, 3.8) is 0 Å². The summed E-state index contributed by atoms with van der Waals surface area (Å²) >= 11 is 6.12. The number of halogens is 1. The second-order valence-corrected chi connectivity index (χ2v) is 6.23. The molecule has 0 saturated carbocycles. The highest BCUT2D eigenvalue weighted by Gasteiger charge is 2.26. The quantitative estimate of drug-likeness (QED) is 0.749. The molecule has 0 spiro atoms. The number of rotatable bonds is 6. The minimum absolute atomic E-state index is 0.0509. The topological polar surface area (TPSA) is 74.2 Å². The van der Waals surface area contributed by atoms with Gasteiger partial charge in [-0.15, -0.1) is 0 Å². The number of aromatic nitrogens is 1. The van der Waals surface area contributed by atoms with Crippen molar-refractivity contribution in [2.75, 3.05) is 6.54 Å². The number of pyridine rings is 1. The number of aliphatic hydroxyl groups is 1. The normalized spacial score (nSPS) is 14.5. The lowest BCUT2D eigenvalue weighted by Crippen LogP contribution is -2.44. The van der Waals surface area contributed by atoms with E-state index in [0.29, 0.717) is 10.6 Å². The Morgan fingerprint density at radius 1 is 1.29 bits per heavy atom. The van der Waals surface area contributed by atoms with E-state index in [0.717, 1.165) is 12.0 Å². The highest BCUT2D eigenvalue weighted by atomic mass is 35.5. The van der Waals surface area contributed by atoms with Crippen molar-refractivity contribution in [2.24, 2.45) is 0 Å². The van der Waals surface area contributed by atoms with Crippen molar-refractivity contribution in [3.05, 3.63) is 64.9 Å². The van der Waals surface area contributed by atoms with E-state index in [1.165, 1.54) is 0 Å². The number of amides is 2. The van der Waals surface area contributed by atoms with Gasteiger partial charge in [-0.25, -0.2) is 4.79 Å². The summed E-state index contributed by atoms with van der Waals surface area (Å²) in [6, 6.07) is 10.3. The van der Waals surface area contributed by atoms with Crippen LogP contribution < -0.4 is 10.6 Å². The van der Waals surface area contributed by atoms with Gasteiger partial charge < -0.3 is 15.7 Å². The average Bonchev–Trinajstić information content (AvgIpc) is 2.59. The maximum absolute atomic E-state index is 12.2. The summed E-state index contributed by atoms with van der Waals surface area (Å²) in [6.45, 7) is 3.66. The molecule has 0 aliphatic heterocycles. The van der Waals surface area contributed by atoms with Crippen LogP contribution in [0.15, 0.2) is 48.8 Å². The van der Waals surface area contributed by atoms with Gasteiger partial charge in [-0.2, -0.15) is 0 Å². The highest BCUT2D eigenvalue weighted by molar-refractivity contribution is 6.31. The van der Waals surface area contributed by atoms with Crippen molar-refractivity contribution in [2.45, 2.75) is 31.9 Å². The van der Waals surface area contributed by atoms with Crippen molar-refractivity contribution < 1.29 is 9.90 Å². The Bertz CT molecular complexity index is 677. The average molecular weight is 348 g/mol. The Balaban J connectivity index is 1.96. The van der Waals surface area contributed by atoms with E-state index in [1.54, 1.807) is 43.6 Å². The minimum Gasteiger partial charge on any atom is -0.384 e. The van der Waals surface area contributed by atoms with E-state index >= 15 is 0 Å². The molecule has 1 aromatic carbocycles. The fourth-order valence-corrected chi connectivity index (χ4v) is 2.81. The highest BCUT2D eigenvalue weighted by Crippen LogP contribution is 2.27. The van der Waals surface area contributed by atoms with Gasteiger partial charge in [0.25, 0.3) is 0 Å². The van der Waals surface area contributed by atoms with E-state index in [4.69, 9.17) is 11.6 Å². The van der Waals surface area contributed by atoms with Crippen LogP contribution in [0.2, 0.25) is 5.02 Å². The van der Waals surface area contributed by atoms with E-state index < -0.39 is 5.60 Å². The summed E-state index contributed by atoms with van der Waals surface area (Å²) in [5.74, 6) is 0. The standard InChI is InChI=1S/C18H22ClN3O2/c1-3-16(13-8-10-20-11-9-13)22-17(23)21-12-18(2,24)14-6-4-5-7-15(14)19/h4-11,16,24H,3,12H2,1-2H3,(H2,21,22,23)/t16-,18+/m1/s1. The molecule has 2 rings (SSSR count). The maximum Gasteiger partial charge on any atom is 0.315 e. The van der Waals surface area contributed by atoms with Crippen LogP contribution in [-0.4, -0.2) is 22.7 Å². The van der Waals surface area contributed by atoms with Crippen LogP contribution in [-0.2, 0) is 5.60 Å². The molecular weight excluding hydrogens is 326 g/mol. The van der Waals surface area contributed by atoms with Crippen molar-refractivity contribution in [1.29, 1.82) is 0 Å². The Kier molecular flexibility index (Phi) is 6.17. The molecule has 0 unspecified atom stereocenters. The summed E-state index contributed by atoms with van der Waals surface area (Å²) < 4.78 is 0. The first kappa shape index (κ1) is 18.2. The summed E-state index contributed by atoms with van der Waals surface area (Å²) in [4.78, 5) is 16.1. The third-order valence-electron chi connectivity index (χ3n) is 3.87. The molecule has 1 heterocycles. The predicted octanol–water partition coefficient (Wildman–Crippen LogP) is 3.39. The van der Waals surface area contributed by atoms with Crippen LogP contribution >= 0.6 is 11.6 Å². The summed E-state index contributed by atoms with van der Waals surface area (Å²) in [5.41, 5.74) is 0.308. The third-order valence-corrected chi connectivity index (χ3v) is 4.20. The summed E-state index contributed by atoms with van der Waals surface area (Å²) in [6.07, 6.45) is 4.14. The zero-order valence-electron chi connectivity index (χ0n) is 13.8. The van der Waals surface area contributed by atoms with Gasteiger partial charge in [0.2, 0.25) is 0 Å². The minimum atomic E-state index is -1.26. The number of urea groups is 1. The number of benzene rings is 1. The second kappa shape index (κ2) is 8.13. The molecule has 6 heteroatoms. The van der Waals surface area contributed by atoms with Crippen LogP contribution in [0, 0.1) is 0 Å². The van der Waals surface area contributed by atoms with Gasteiger partial charge in [0.1, 0.15) is 5.60 Å². The molecule has 0 aliphatic carbocycles. The van der Waals surface area contributed by atoms with Gasteiger partial charge >= 0.3 is 6.03 Å². The van der Waals surface area contributed by atoms with Crippen LogP contribution in [0.3, 0.4) is 0 Å². The summed E-state index contributed by atoms with van der Waals surface area (Å²) in [5, 5.41) is 16.7. The van der Waals surface area contributed by atoms with Crippen LogP contribution in [0.4, 0.5) is 4.79 Å². The largest absolute Gasteiger partial charge is 0.384 e. The first-order chi connectivity index (χ1) is 11.4. The van der Waals surface area contributed by atoms with Gasteiger partial charge in [0, 0.05) is 23.0 Å². The number of nitrogens with one attached hydrogen (secondary N) is 2. The molecular formula is C18H22ClN3O2. The molecule has 2 atom stereocenters. The second-order valence-electron chi connectivity index (χ2n) is 5.82. The van der Waals surface area contributed by atoms with Gasteiger partial charge in [-0.05, 0) is 37.1 Å². The Hall–Kier alpha value is -2.11. The molecule has 0 fully saturated rings. The van der Waals surface area contributed by atoms with E-state index in [-0.39, 0.29) is 18.6 Å². The molecule has 2 aromatic rings. The van der Waals surface area contributed by atoms with Crippen LogP contribution in [0.5, 0.6) is 0 Å². The van der Waals surface area contributed by atoms with Crippen LogP contribution in [0.25, 0.3) is 0 Å². The molecule has 0 radical (unpaired) electrons. The lowest BCUT2D eigenvalue weighted by molar-refractivity contribution is 0.0593. The van der Waals surface area contributed by atoms with E-state index in [1.807, 2.05) is 19.1 Å². The predicted molar refractivity (Wildman–Crippen MR) is 94.8 cm³/mol. The van der Waals surface area contributed by atoms with Crippen molar-refractivity contribution >= 4 is 17.6 Å². The van der Waals surface area contributed by atoms with E-state index in [2.05, 4.69) is 15.6 Å². The fraction of sp³-hybridized carbons (Fsp3) is 0.333. The molecule has 2 amide bonds. The molecule has 0 bridgehead atoms. The number of hydrogen-bond acceptors (Lipinski definition) is 3. The molecule has 0 aliphatic rings. The SMILES string of the molecule is CC[C@@H](NC(=O)NC[C@](C)(O)c1ccccc1Cl)c1ccncc1. The maximum atomic E-state index is 12.2. The molecule has 0 saturated heterocycles. The van der Waals surface area contributed by atoms with Crippen molar-refractivity contribution in [3.8, 4) is 0 Å². The number of carbonyl (C=O) groups excluding carboxylic acids is 1. The molecule has 128 valence electrons. The van der Waals surface area contributed by atoms with Gasteiger partial charge in [0.15, 0.2) is 0 Å².